The van der Waals surface area contributed by atoms with E-state index in [1.807, 2.05) is 18.2 Å². The molecule has 1 amide bonds. The molecule has 0 aliphatic carbocycles. The van der Waals surface area contributed by atoms with Crippen LogP contribution in [0.4, 0.5) is 5.69 Å². The minimum absolute atomic E-state index is 0.280. The standard InChI is InChI=1S/C19H15ClN2O4/c1-12-16(19(25)22(21-12)15-5-3-2-4-6-15)10-13-9-14(20)7-8-17(13)26-11-18(23)24/h2-10H,11H2,1H3,(H,23,24)/b16-10-. The summed E-state index contributed by atoms with van der Waals surface area (Å²) in [6, 6.07) is 13.9. The summed E-state index contributed by atoms with van der Waals surface area (Å²) in [6.07, 6.45) is 1.60. The highest BCUT2D eigenvalue weighted by Crippen LogP contribution is 2.29. The molecule has 0 saturated heterocycles. The number of hydrazone groups is 1. The average Bonchev–Trinajstić information content (AvgIpc) is 2.90. The number of carbonyl (C=O) groups is 2. The van der Waals surface area contributed by atoms with E-state index in [-0.39, 0.29) is 5.91 Å². The molecule has 0 radical (unpaired) electrons. The van der Waals surface area contributed by atoms with Gasteiger partial charge in [0.1, 0.15) is 5.75 Å². The van der Waals surface area contributed by atoms with E-state index in [9.17, 15) is 9.59 Å². The van der Waals surface area contributed by atoms with Crippen molar-refractivity contribution in [2.24, 2.45) is 5.10 Å². The number of nitrogens with zero attached hydrogens (tertiary/aromatic N) is 2. The number of hydrogen-bond donors (Lipinski definition) is 1. The number of benzene rings is 2. The van der Waals surface area contributed by atoms with Gasteiger partial charge in [0.2, 0.25) is 0 Å². The number of para-hydroxylation sites is 1. The number of carboxylic acids is 1. The van der Waals surface area contributed by atoms with Gasteiger partial charge in [0.25, 0.3) is 5.91 Å². The largest absolute Gasteiger partial charge is 0.481 e. The Balaban J connectivity index is 1.95. The molecule has 0 saturated carbocycles. The number of anilines is 1. The fourth-order valence-corrected chi connectivity index (χ4v) is 2.67. The van der Waals surface area contributed by atoms with E-state index in [1.54, 1.807) is 43.3 Å². The molecule has 0 atom stereocenters. The van der Waals surface area contributed by atoms with E-state index in [1.165, 1.54) is 5.01 Å². The highest BCUT2D eigenvalue weighted by atomic mass is 35.5. The van der Waals surface area contributed by atoms with Gasteiger partial charge >= 0.3 is 5.97 Å². The summed E-state index contributed by atoms with van der Waals surface area (Å²) in [5.74, 6) is -1.05. The number of carbonyl (C=O) groups excluding carboxylic acids is 1. The summed E-state index contributed by atoms with van der Waals surface area (Å²) < 4.78 is 5.28. The van der Waals surface area contributed by atoms with Crippen LogP contribution in [0.25, 0.3) is 6.08 Å². The van der Waals surface area contributed by atoms with E-state index in [4.69, 9.17) is 21.4 Å². The molecule has 3 rings (SSSR count). The van der Waals surface area contributed by atoms with Crippen LogP contribution >= 0.6 is 11.6 Å². The SMILES string of the molecule is CC1=NN(c2ccccc2)C(=O)/C1=C\c1cc(Cl)ccc1OCC(=O)O. The molecule has 132 valence electrons. The molecule has 2 aromatic rings. The normalized spacial score (nSPS) is 15.3. The lowest BCUT2D eigenvalue weighted by Crippen LogP contribution is -2.21. The maximum atomic E-state index is 12.8. The number of rotatable bonds is 5. The zero-order valence-electron chi connectivity index (χ0n) is 13.8. The van der Waals surface area contributed by atoms with Crippen LogP contribution < -0.4 is 9.75 Å². The van der Waals surface area contributed by atoms with Gasteiger partial charge in [-0.2, -0.15) is 10.1 Å². The summed E-state index contributed by atoms with van der Waals surface area (Å²) in [5, 5.41) is 14.9. The quantitative estimate of drug-likeness (QED) is 0.815. The smallest absolute Gasteiger partial charge is 0.341 e. The topological polar surface area (TPSA) is 79.2 Å². The minimum Gasteiger partial charge on any atom is -0.481 e. The third-order valence-electron chi connectivity index (χ3n) is 3.69. The molecule has 2 aromatic carbocycles. The van der Waals surface area contributed by atoms with Crippen molar-refractivity contribution in [3.63, 3.8) is 0 Å². The predicted octanol–water partition coefficient (Wildman–Crippen LogP) is 3.61. The average molecular weight is 371 g/mol. The number of aliphatic carboxylic acids is 1. The zero-order valence-corrected chi connectivity index (χ0v) is 14.6. The van der Waals surface area contributed by atoms with Crippen LogP contribution in [0.1, 0.15) is 12.5 Å². The van der Waals surface area contributed by atoms with Gasteiger partial charge in [-0.1, -0.05) is 29.8 Å². The molecule has 7 heteroatoms. The van der Waals surface area contributed by atoms with Crippen molar-refractivity contribution in [2.75, 3.05) is 11.6 Å². The summed E-state index contributed by atoms with van der Waals surface area (Å²) in [4.78, 5) is 23.5. The Morgan fingerprint density at radius 1 is 1.27 bits per heavy atom. The van der Waals surface area contributed by atoms with Crippen molar-refractivity contribution in [3.05, 3.63) is 64.7 Å². The van der Waals surface area contributed by atoms with Crippen LogP contribution in [-0.4, -0.2) is 29.3 Å². The van der Waals surface area contributed by atoms with Crippen molar-refractivity contribution < 1.29 is 19.4 Å². The molecule has 26 heavy (non-hydrogen) atoms. The monoisotopic (exact) mass is 370 g/mol. The number of amides is 1. The molecule has 0 unspecified atom stereocenters. The summed E-state index contributed by atoms with van der Waals surface area (Å²) in [6.45, 7) is 1.24. The van der Waals surface area contributed by atoms with E-state index in [0.29, 0.717) is 33.3 Å². The summed E-state index contributed by atoms with van der Waals surface area (Å²) in [7, 11) is 0. The first-order valence-corrected chi connectivity index (χ1v) is 8.14. The lowest BCUT2D eigenvalue weighted by molar-refractivity contribution is -0.139. The van der Waals surface area contributed by atoms with Crippen molar-refractivity contribution in [1.82, 2.24) is 0 Å². The lowest BCUT2D eigenvalue weighted by atomic mass is 10.1. The molecule has 0 fully saturated rings. The van der Waals surface area contributed by atoms with E-state index >= 15 is 0 Å². The van der Waals surface area contributed by atoms with E-state index in [0.717, 1.165) is 0 Å². The maximum Gasteiger partial charge on any atom is 0.341 e. The number of hydrogen-bond acceptors (Lipinski definition) is 4. The Kier molecular flexibility index (Phi) is 5.04. The first-order chi connectivity index (χ1) is 12.5. The Bertz CT molecular complexity index is 922. The van der Waals surface area contributed by atoms with Gasteiger partial charge in [0, 0.05) is 10.6 Å². The minimum atomic E-state index is -1.09. The van der Waals surface area contributed by atoms with Gasteiger partial charge in [-0.25, -0.2) is 4.79 Å². The van der Waals surface area contributed by atoms with Crippen molar-refractivity contribution in [1.29, 1.82) is 0 Å². The first kappa shape index (κ1) is 17.7. The molecular formula is C19H15ClN2O4. The van der Waals surface area contributed by atoms with Crippen LogP contribution in [0.2, 0.25) is 5.02 Å². The molecule has 1 aliphatic heterocycles. The Morgan fingerprint density at radius 3 is 2.69 bits per heavy atom. The molecule has 1 N–H and O–H groups in total. The van der Waals surface area contributed by atoms with E-state index < -0.39 is 12.6 Å². The van der Waals surface area contributed by atoms with Gasteiger partial charge in [-0.05, 0) is 43.3 Å². The Hall–Kier alpha value is -3.12. The third-order valence-corrected chi connectivity index (χ3v) is 3.92. The second-order valence-electron chi connectivity index (χ2n) is 5.56. The van der Waals surface area contributed by atoms with Crippen molar-refractivity contribution in [3.8, 4) is 5.75 Å². The van der Waals surface area contributed by atoms with Crippen LogP contribution in [0, 0.1) is 0 Å². The van der Waals surface area contributed by atoms with Gasteiger partial charge in [0.05, 0.1) is 17.0 Å². The van der Waals surface area contributed by atoms with Gasteiger partial charge in [0.15, 0.2) is 6.61 Å². The summed E-state index contributed by atoms with van der Waals surface area (Å²) >= 11 is 6.04. The zero-order chi connectivity index (χ0) is 18.7. The Morgan fingerprint density at radius 2 is 2.00 bits per heavy atom. The van der Waals surface area contributed by atoms with Crippen molar-refractivity contribution >= 4 is 41.0 Å². The summed E-state index contributed by atoms with van der Waals surface area (Å²) in [5.41, 5.74) is 2.10. The van der Waals surface area contributed by atoms with Gasteiger partial charge in [-0.3, -0.25) is 4.79 Å². The number of halogens is 1. The fraction of sp³-hybridized carbons (Fsp3) is 0.105. The maximum absolute atomic E-state index is 12.8. The van der Waals surface area contributed by atoms with Crippen molar-refractivity contribution in [2.45, 2.75) is 6.92 Å². The number of ether oxygens (including phenoxy) is 1. The molecule has 6 nitrogen and oxygen atoms in total. The molecular weight excluding hydrogens is 356 g/mol. The van der Waals surface area contributed by atoms with Crippen LogP contribution in [-0.2, 0) is 9.59 Å². The highest BCUT2D eigenvalue weighted by molar-refractivity contribution is 6.33. The molecule has 0 bridgehead atoms. The third kappa shape index (κ3) is 3.75. The van der Waals surface area contributed by atoms with Crippen LogP contribution in [0.15, 0.2) is 59.2 Å². The van der Waals surface area contributed by atoms with E-state index in [2.05, 4.69) is 5.10 Å². The Labute approximate surface area is 155 Å². The molecule has 1 aliphatic rings. The number of carboxylic acid groups (broad SMARTS) is 1. The van der Waals surface area contributed by atoms with Gasteiger partial charge < -0.3 is 9.84 Å². The van der Waals surface area contributed by atoms with Gasteiger partial charge in [-0.15, -0.1) is 0 Å². The second kappa shape index (κ2) is 7.41. The predicted molar refractivity (Wildman–Crippen MR) is 99.6 cm³/mol. The molecule has 1 heterocycles. The first-order valence-electron chi connectivity index (χ1n) is 7.76. The fourth-order valence-electron chi connectivity index (χ4n) is 2.49. The molecule has 0 aromatic heterocycles. The highest BCUT2D eigenvalue weighted by Gasteiger charge is 2.28. The lowest BCUT2D eigenvalue weighted by Gasteiger charge is -2.11. The van der Waals surface area contributed by atoms with Crippen LogP contribution in [0.5, 0.6) is 5.75 Å². The van der Waals surface area contributed by atoms with Crippen LogP contribution in [0.3, 0.4) is 0 Å². The second-order valence-corrected chi connectivity index (χ2v) is 6.00. The molecule has 0 spiro atoms.